The molecule has 0 aromatic carbocycles. The van der Waals surface area contributed by atoms with Gasteiger partial charge in [0, 0.05) is 0 Å². The molecule has 0 unspecified atom stereocenters. The van der Waals surface area contributed by atoms with Crippen molar-refractivity contribution >= 4 is 5.07 Å². The Morgan fingerprint density at radius 3 is 2.86 bits per heavy atom. The van der Waals surface area contributed by atoms with Gasteiger partial charge in [-0.25, -0.2) is 0 Å². The van der Waals surface area contributed by atoms with Crippen LogP contribution in [0.5, 0.6) is 0 Å². The van der Waals surface area contributed by atoms with Gasteiger partial charge in [-0.1, -0.05) is 0 Å². The molecule has 0 amide bonds. The van der Waals surface area contributed by atoms with Crippen LogP contribution in [0.15, 0.2) is 0 Å². The number of ether oxygens (including phenoxy) is 1. The molecule has 40 valence electrons. The molecule has 0 bridgehead atoms. The van der Waals surface area contributed by atoms with Crippen LogP contribution in [0.1, 0.15) is 12.8 Å². The summed E-state index contributed by atoms with van der Waals surface area (Å²) in [6, 6.07) is 0. The van der Waals surface area contributed by atoms with Crippen LogP contribution >= 0.6 is 0 Å². The maximum absolute atomic E-state index is 4.98. The predicted molar refractivity (Wildman–Crippen MR) is 24.7 cm³/mol. The van der Waals surface area contributed by atoms with Crippen molar-refractivity contribution in [2.75, 3.05) is 6.61 Å². The Bertz CT molecular complexity index is 68.5. The zero-order chi connectivity index (χ0) is 5.11. The predicted octanol–water partition coefficient (Wildman–Crippen LogP) is 0.720. The van der Waals surface area contributed by atoms with E-state index in [4.69, 9.17) is 4.74 Å². The quantitative estimate of drug-likeness (QED) is 0.555. The Kier molecular flexibility index (Phi) is 2.06. The normalized spacial score (nSPS) is 19.4. The van der Waals surface area contributed by atoms with Crippen LogP contribution in [0.25, 0.3) is 0 Å². The number of rotatable bonds is 3. The van der Waals surface area contributed by atoms with Crippen LogP contribution in [0.3, 0.4) is 0 Å². The van der Waals surface area contributed by atoms with Crippen LogP contribution in [-0.4, -0.2) is 11.7 Å². The van der Waals surface area contributed by atoms with Gasteiger partial charge in [0.05, 0.1) is 0 Å². The van der Waals surface area contributed by atoms with Crippen LogP contribution < -0.4 is 0 Å². The summed E-state index contributed by atoms with van der Waals surface area (Å²) in [6.45, 7) is 0.924. The van der Waals surface area contributed by atoms with Crippen molar-refractivity contribution in [1.29, 1.82) is 0 Å². The third-order valence-electron chi connectivity index (χ3n) is 1.10. The van der Waals surface area contributed by atoms with Crippen molar-refractivity contribution in [2.45, 2.75) is 12.8 Å². The molecule has 0 atom stereocenters. The van der Waals surface area contributed by atoms with Crippen molar-refractivity contribution in [2.24, 2.45) is 5.92 Å². The Morgan fingerprint density at radius 1 is 1.71 bits per heavy atom. The summed E-state index contributed by atoms with van der Waals surface area (Å²) in [7, 11) is 0. The molecule has 0 saturated heterocycles. The van der Waals surface area contributed by atoms with Crippen molar-refractivity contribution in [3.63, 3.8) is 0 Å². The molecule has 1 aliphatic carbocycles. The van der Waals surface area contributed by atoms with Gasteiger partial charge in [-0.15, -0.1) is 0 Å². The molecule has 1 rings (SSSR count). The summed E-state index contributed by atoms with van der Waals surface area (Å²) >= 11 is 2.68. The van der Waals surface area contributed by atoms with E-state index in [1.54, 1.807) is 5.07 Å². The second-order valence-electron chi connectivity index (χ2n) is 1.87. The van der Waals surface area contributed by atoms with Gasteiger partial charge in [-0.3, -0.25) is 0 Å². The summed E-state index contributed by atoms with van der Waals surface area (Å²) < 4.78 is 4.98. The molecule has 1 saturated carbocycles. The average Bonchev–Trinajstić information content (AvgIpc) is 2.42. The van der Waals surface area contributed by atoms with E-state index in [0.717, 1.165) is 12.5 Å². The molecule has 0 radical (unpaired) electrons. The van der Waals surface area contributed by atoms with E-state index < -0.39 is 0 Å². The Hall–Kier alpha value is 0.362. The molecule has 0 aromatic rings. The van der Waals surface area contributed by atoms with E-state index in [0.29, 0.717) is 0 Å². The fraction of sp³-hybridized carbons (Fsp3) is 0.800. The summed E-state index contributed by atoms with van der Waals surface area (Å²) in [5.41, 5.74) is 0. The van der Waals surface area contributed by atoms with E-state index >= 15 is 0 Å². The van der Waals surface area contributed by atoms with Crippen LogP contribution in [-0.2, 0) is 20.6 Å². The molecule has 2 heteroatoms. The summed E-state index contributed by atoms with van der Waals surface area (Å²) in [6.07, 6.45) is 2.74. The molecule has 0 heterocycles. The standard InChI is InChI=1S/C5H8O.Cr/c1-6-4-5-2-3-5;/h1,5H,2-4H2;. The fourth-order valence-electron chi connectivity index (χ4n) is 0.460. The van der Waals surface area contributed by atoms with Gasteiger partial charge in [0.15, 0.2) is 0 Å². The van der Waals surface area contributed by atoms with Gasteiger partial charge in [0.1, 0.15) is 0 Å². The third-order valence-corrected chi connectivity index (χ3v) is 1.31. The Balaban J connectivity index is 1.88. The fourth-order valence-corrected chi connectivity index (χ4v) is 0.583. The Labute approximate surface area is 51.6 Å². The zero-order valence-corrected chi connectivity index (χ0v) is 5.37. The molecule has 1 nitrogen and oxygen atoms in total. The molecule has 1 aliphatic rings. The number of hydrogen-bond donors (Lipinski definition) is 0. The first-order chi connectivity index (χ1) is 3.43. The summed E-state index contributed by atoms with van der Waals surface area (Å²) in [5.74, 6) is 0.879. The zero-order valence-electron chi connectivity index (χ0n) is 4.09. The van der Waals surface area contributed by atoms with Gasteiger partial charge in [0.25, 0.3) is 0 Å². The van der Waals surface area contributed by atoms with Crippen LogP contribution in [0, 0.1) is 5.92 Å². The Morgan fingerprint density at radius 2 is 2.43 bits per heavy atom. The first-order valence-corrected chi connectivity index (χ1v) is 3.22. The van der Waals surface area contributed by atoms with Gasteiger partial charge in [-0.2, -0.15) is 0 Å². The van der Waals surface area contributed by atoms with Crippen molar-refractivity contribution in [3.05, 3.63) is 0 Å². The number of hydrogen-bond acceptors (Lipinski definition) is 1. The molecule has 7 heavy (non-hydrogen) atoms. The van der Waals surface area contributed by atoms with Crippen LogP contribution in [0.4, 0.5) is 0 Å². The van der Waals surface area contributed by atoms with E-state index in [9.17, 15) is 0 Å². The minimum absolute atomic E-state index is 0.879. The second kappa shape index (κ2) is 2.62. The summed E-state index contributed by atoms with van der Waals surface area (Å²) in [5, 5.41) is 1.64. The van der Waals surface area contributed by atoms with Gasteiger partial charge < -0.3 is 0 Å². The van der Waals surface area contributed by atoms with E-state index in [-0.39, 0.29) is 0 Å². The van der Waals surface area contributed by atoms with E-state index in [2.05, 4.69) is 15.9 Å². The monoisotopic (exact) mass is 136 g/mol. The molecule has 1 fully saturated rings. The third kappa shape index (κ3) is 2.23. The van der Waals surface area contributed by atoms with E-state index in [1.165, 1.54) is 12.8 Å². The molecule has 0 aromatic heterocycles. The SMILES string of the molecule is [Cr]=[CH]OCC1CC1. The molecular formula is C5H8CrO. The van der Waals surface area contributed by atoms with Gasteiger partial charge >= 0.3 is 51.0 Å². The molecular weight excluding hydrogens is 128 g/mol. The molecule has 0 spiro atoms. The van der Waals surface area contributed by atoms with Gasteiger partial charge in [0.2, 0.25) is 0 Å². The van der Waals surface area contributed by atoms with Crippen molar-refractivity contribution in [1.82, 2.24) is 0 Å². The maximum atomic E-state index is 4.98. The topological polar surface area (TPSA) is 9.23 Å². The molecule has 0 aliphatic heterocycles. The minimum atomic E-state index is 0.879. The first-order valence-electron chi connectivity index (χ1n) is 2.48. The van der Waals surface area contributed by atoms with E-state index in [1.807, 2.05) is 0 Å². The molecule has 0 N–H and O–H groups in total. The van der Waals surface area contributed by atoms with Crippen molar-refractivity contribution < 1.29 is 20.6 Å². The van der Waals surface area contributed by atoms with Crippen LogP contribution in [0.2, 0.25) is 0 Å². The second-order valence-corrected chi connectivity index (χ2v) is 2.17. The van der Waals surface area contributed by atoms with Gasteiger partial charge in [-0.05, 0) is 0 Å². The first kappa shape index (κ1) is 5.50. The van der Waals surface area contributed by atoms with Crippen molar-refractivity contribution in [3.8, 4) is 0 Å². The summed E-state index contributed by atoms with van der Waals surface area (Å²) in [4.78, 5) is 0. The average molecular weight is 136 g/mol.